The first kappa shape index (κ1) is 10.5. The first-order chi connectivity index (χ1) is 7.74. The van der Waals surface area contributed by atoms with Crippen molar-refractivity contribution in [1.29, 1.82) is 0 Å². The normalized spacial score (nSPS) is 10.3. The fourth-order valence-corrected chi connectivity index (χ4v) is 1.52. The molecule has 82 valence electrons. The Morgan fingerprint density at radius 3 is 2.81 bits per heavy atom. The maximum absolute atomic E-state index is 12.9. The number of nitrogens with zero attached hydrogens (tertiary/aromatic N) is 2. The summed E-state index contributed by atoms with van der Waals surface area (Å²) >= 11 is 0. The van der Waals surface area contributed by atoms with E-state index in [1.165, 1.54) is 12.1 Å². The molecule has 0 saturated carbocycles. The fraction of sp³-hybridized carbons (Fsp3) is 0.167. The van der Waals surface area contributed by atoms with Crippen LogP contribution in [0.2, 0.25) is 0 Å². The van der Waals surface area contributed by atoms with Crippen molar-refractivity contribution in [3.8, 4) is 0 Å². The number of benzene rings is 1. The van der Waals surface area contributed by atoms with Crippen molar-refractivity contribution in [1.82, 2.24) is 9.97 Å². The third-order valence-electron chi connectivity index (χ3n) is 2.29. The van der Waals surface area contributed by atoms with E-state index in [4.69, 9.17) is 5.73 Å². The molecule has 16 heavy (non-hydrogen) atoms. The van der Waals surface area contributed by atoms with Gasteiger partial charge in [0.05, 0.1) is 0 Å². The Hall–Kier alpha value is -1.97. The Kier molecular flexibility index (Phi) is 3.10. The zero-order chi connectivity index (χ0) is 11.4. The summed E-state index contributed by atoms with van der Waals surface area (Å²) < 4.78 is 12.9. The zero-order valence-corrected chi connectivity index (χ0v) is 8.73. The molecule has 0 saturated heterocycles. The minimum absolute atomic E-state index is 0.209. The van der Waals surface area contributed by atoms with E-state index in [9.17, 15) is 4.39 Å². The summed E-state index contributed by atoms with van der Waals surface area (Å²) in [4.78, 5) is 7.90. The highest BCUT2D eigenvalue weighted by molar-refractivity contribution is 5.20. The van der Waals surface area contributed by atoms with Gasteiger partial charge in [-0.3, -0.25) is 0 Å². The molecule has 2 rings (SSSR count). The van der Waals surface area contributed by atoms with E-state index >= 15 is 0 Å². The second-order valence-electron chi connectivity index (χ2n) is 3.54. The minimum atomic E-state index is -0.209. The third kappa shape index (κ3) is 2.76. The van der Waals surface area contributed by atoms with Gasteiger partial charge in [0.15, 0.2) is 0 Å². The van der Waals surface area contributed by atoms with E-state index in [-0.39, 0.29) is 11.8 Å². The van der Waals surface area contributed by atoms with Crippen molar-refractivity contribution in [2.45, 2.75) is 12.8 Å². The number of rotatable bonds is 3. The molecule has 0 spiro atoms. The first-order valence-corrected chi connectivity index (χ1v) is 5.06. The predicted molar refractivity (Wildman–Crippen MR) is 60.3 cm³/mol. The summed E-state index contributed by atoms with van der Waals surface area (Å²) in [6.45, 7) is 0. The summed E-state index contributed by atoms with van der Waals surface area (Å²) in [5.74, 6) is 0.0662. The molecule has 1 heterocycles. The summed E-state index contributed by atoms with van der Waals surface area (Å²) in [6, 6.07) is 8.39. The minimum Gasteiger partial charge on any atom is -0.368 e. The van der Waals surface area contributed by atoms with E-state index in [0.717, 1.165) is 24.1 Å². The number of anilines is 1. The maximum Gasteiger partial charge on any atom is 0.220 e. The van der Waals surface area contributed by atoms with Crippen LogP contribution in [-0.2, 0) is 12.8 Å². The maximum atomic E-state index is 12.9. The number of aromatic nitrogens is 2. The number of nitrogen functional groups attached to an aromatic ring is 1. The topological polar surface area (TPSA) is 51.8 Å². The van der Waals surface area contributed by atoms with Gasteiger partial charge in [-0.1, -0.05) is 12.1 Å². The largest absolute Gasteiger partial charge is 0.368 e. The SMILES string of the molecule is Nc1nccc(CCc2cccc(F)c2)n1. The lowest BCUT2D eigenvalue weighted by molar-refractivity contribution is 0.625. The zero-order valence-electron chi connectivity index (χ0n) is 8.73. The van der Waals surface area contributed by atoms with Crippen molar-refractivity contribution in [2.24, 2.45) is 0 Å². The Labute approximate surface area is 93.2 Å². The number of nitrogens with two attached hydrogens (primary N) is 1. The van der Waals surface area contributed by atoms with Crippen molar-refractivity contribution < 1.29 is 4.39 Å². The number of hydrogen-bond acceptors (Lipinski definition) is 3. The summed E-state index contributed by atoms with van der Waals surface area (Å²) in [6.07, 6.45) is 3.10. The van der Waals surface area contributed by atoms with Gasteiger partial charge in [-0.15, -0.1) is 0 Å². The van der Waals surface area contributed by atoms with Crippen LogP contribution in [0.1, 0.15) is 11.3 Å². The number of hydrogen-bond donors (Lipinski definition) is 1. The summed E-state index contributed by atoms with van der Waals surface area (Å²) in [7, 11) is 0. The molecule has 0 aliphatic heterocycles. The molecule has 1 aromatic heterocycles. The Morgan fingerprint density at radius 1 is 1.19 bits per heavy atom. The van der Waals surface area contributed by atoms with Crippen LogP contribution in [0.15, 0.2) is 36.5 Å². The van der Waals surface area contributed by atoms with Crippen LogP contribution >= 0.6 is 0 Å². The van der Waals surface area contributed by atoms with E-state index in [2.05, 4.69) is 9.97 Å². The van der Waals surface area contributed by atoms with Gasteiger partial charge < -0.3 is 5.73 Å². The number of aryl methyl sites for hydroxylation is 2. The molecule has 4 heteroatoms. The van der Waals surface area contributed by atoms with Gasteiger partial charge in [0.1, 0.15) is 5.82 Å². The second kappa shape index (κ2) is 4.70. The van der Waals surface area contributed by atoms with Gasteiger partial charge >= 0.3 is 0 Å². The summed E-state index contributed by atoms with van der Waals surface area (Å²) in [5, 5.41) is 0. The number of halogens is 1. The standard InChI is InChI=1S/C12H12FN3/c13-10-3-1-2-9(8-10)4-5-11-6-7-15-12(14)16-11/h1-3,6-8H,4-5H2,(H2,14,15,16). The molecule has 0 atom stereocenters. The molecule has 2 aromatic rings. The van der Waals surface area contributed by atoms with Crippen molar-refractivity contribution in [3.63, 3.8) is 0 Å². The van der Waals surface area contributed by atoms with Gasteiger partial charge in [0.25, 0.3) is 0 Å². The van der Waals surface area contributed by atoms with Crippen LogP contribution in [0.5, 0.6) is 0 Å². The van der Waals surface area contributed by atoms with E-state index in [1.54, 1.807) is 12.3 Å². The lowest BCUT2D eigenvalue weighted by Crippen LogP contribution is -2.00. The highest BCUT2D eigenvalue weighted by atomic mass is 19.1. The molecular formula is C12H12FN3. The molecule has 0 aliphatic rings. The van der Waals surface area contributed by atoms with Gasteiger partial charge in [-0.25, -0.2) is 14.4 Å². The van der Waals surface area contributed by atoms with Crippen LogP contribution in [0, 0.1) is 5.82 Å². The molecule has 2 N–H and O–H groups in total. The Balaban J connectivity index is 2.02. The third-order valence-corrected chi connectivity index (χ3v) is 2.29. The smallest absolute Gasteiger partial charge is 0.220 e. The van der Waals surface area contributed by atoms with Crippen LogP contribution in [0.25, 0.3) is 0 Å². The van der Waals surface area contributed by atoms with E-state index < -0.39 is 0 Å². The fourth-order valence-electron chi connectivity index (χ4n) is 1.52. The first-order valence-electron chi connectivity index (χ1n) is 5.06. The molecule has 0 amide bonds. The van der Waals surface area contributed by atoms with E-state index in [0.29, 0.717) is 0 Å². The van der Waals surface area contributed by atoms with Crippen molar-refractivity contribution in [2.75, 3.05) is 5.73 Å². The van der Waals surface area contributed by atoms with Crippen molar-refractivity contribution >= 4 is 5.95 Å². The monoisotopic (exact) mass is 217 g/mol. The quantitative estimate of drug-likeness (QED) is 0.855. The highest BCUT2D eigenvalue weighted by Gasteiger charge is 1.99. The van der Waals surface area contributed by atoms with Crippen LogP contribution in [-0.4, -0.2) is 9.97 Å². The molecule has 1 aromatic carbocycles. The molecule has 0 aliphatic carbocycles. The summed E-state index contributed by atoms with van der Waals surface area (Å²) in [5.41, 5.74) is 7.30. The predicted octanol–water partition coefficient (Wildman–Crippen LogP) is 1.98. The van der Waals surface area contributed by atoms with Gasteiger partial charge in [0.2, 0.25) is 5.95 Å². The average Bonchev–Trinajstić information content (AvgIpc) is 2.27. The molecular weight excluding hydrogens is 205 g/mol. The van der Waals surface area contributed by atoms with E-state index in [1.807, 2.05) is 12.1 Å². The Bertz CT molecular complexity index is 440. The van der Waals surface area contributed by atoms with Crippen molar-refractivity contribution in [3.05, 3.63) is 53.6 Å². The molecule has 0 fully saturated rings. The molecule has 0 radical (unpaired) electrons. The van der Waals surface area contributed by atoms with Crippen LogP contribution in [0.4, 0.5) is 10.3 Å². The lowest BCUT2D eigenvalue weighted by atomic mass is 10.1. The van der Waals surface area contributed by atoms with Gasteiger partial charge in [-0.05, 0) is 36.6 Å². The average molecular weight is 217 g/mol. The van der Waals surface area contributed by atoms with Crippen LogP contribution < -0.4 is 5.73 Å². The molecule has 3 nitrogen and oxygen atoms in total. The lowest BCUT2D eigenvalue weighted by Gasteiger charge is -2.02. The molecule has 0 unspecified atom stereocenters. The Morgan fingerprint density at radius 2 is 2.06 bits per heavy atom. The van der Waals surface area contributed by atoms with Crippen LogP contribution in [0.3, 0.4) is 0 Å². The second-order valence-corrected chi connectivity index (χ2v) is 3.54. The molecule has 0 bridgehead atoms. The highest BCUT2D eigenvalue weighted by Crippen LogP contribution is 2.07. The van der Waals surface area contributed by atoms with Gasteiger partial charge in [0, 0.05) is 11.9 Å². The van der Waals surface area contributed by atoms with Gasteiger partial charge in [-0.2, -0.15) is 0 Å².